The maximum absolute atomic E-state index is 11.9. The van der Waals surface area contributed by atoms with Crippen molar-refractivity contribution in [3.63, 3.8) is 0 Å². The molecule has 0 spiro atoms. The highest BCUT2D eigenvalue weighted by Crippen LogP contribution is 2.25. The number of halogens is 1. The third kappa shape index (κ3) is 4.92. The van der Waals surface area contributed by atoms with E-state index in [0.717, 1.165) is 23.4 Å². The summed E-state index contributed by atoms with van der Waals surface area (Å²) in [5.41, 5.74) is 1.61. The number of thiazole rings is 1. The third-order valence-electron chi connectivity index (χ3n) is 3.09. The molecular weight excluding hydrogens is 330 g/mol. The van der Waals surface area contributed by atoms with Crippen LogP contribution in [0.3, 0.4) is 0 Å². The Hall–Kier alpha value is -2.16. The minimum Gasteiger partial charge on any atom is -0.351 e. The normalized spacial score (nSPS) is 11.1. The molecule has 2 rings (SSSR count). The van der Waals surface area contributed by atoms with E-state index in [4.69, 9.17) is 16.9 Å². The van der Waals surface area contributed by atoms with Gasteiger partial charge in [-0.3, -0.25) is 4.79 Å². The Morgan fingerprint density at radius 3 is 2.83 bits per heavy atom. The lowest BCUT2D eigenvalue weighted by Gasteiger charge is -2.01. The number of hydrogen-bond donors (Lipinski definition) is 1. The lowest BCUT2D eigenvalue weighted by Crippen LogP contribution is -2.25. The maximum Gasteiger partial charge on any atom is 0.262 e. The first kappa shape index (κ1) is 17.2. The van der Waals surface area contributed by atoms with Crippen LogP contribution in [0.1, 0.15) is 25.5 Å². The Morgan fingerprint density at radius 2 is 2.17 bits per heavy atom. The zero-order valence-corrected chi connectivity index (χ0v) is 14.2. The fraction of sp³-hybridized carbons (Fsp3) is 0.235. The first-order valence-electron chi connectivity index (χ1n) is 7.25. The van der Waals surface area contributed by atoms with Crippen molar-refractivity contribution in [2.24, 2.45) is 0 Å². The second kappa shape index (κ2) is 8.47. The van der Waals surface area contributed by atoms with Crippen LogP contribution in [0, 0.1) is 11.3 Å². The molecule has 0 aliphatic rings. The van der Waals surface area contributed by atoms with Crippen LogP contribution < -0.4 is 5.32 Å². The van der Waals surface area contributed by atoms with Crippen LogP contribution in [0.15, 0.2) is 35.2 Å². The summed E-state index contributed by atoms with van der Waals surface area (Å²) < 4.78 is 0. The van der Waals surface area contributed by atoms with E-state index in [1.807, 2.05) is 30.5 Å². The first-order valence-corrected chi connectivity index (χ1v) is 8.51. The first-order chi connectivity index (χ1) is 11.1. The van der Waals surface area contributed by atoms with Crippen molar-refractivity contribution in [1.82, 2.24) is 10.3 Å². The summed E-state index contributed by atoms with van der Waals surface area (Å²) in [6, 6.07) is 9.30. The molecule has 4 nitrogen and oxygen atoms in total. The van der Waals surface area contributed by atoms with Gasteiger partial charge in [0.1, 0.15) is 16.6 Å². The number of aromatic nitrogens is 1. The summed E-state index contributed by atoms with van der Waals surface area (Å²) in [5.74, 6) is -0.359. The molecule has 0 aliphatic heterocycles. The van der Waals surface area contributed by atoms with Crippen molar-refractivity contribution in [1.29, 1.82) is 5.26 Å². The van der Waals surface area contributed by atoms with Gasteiger partial charge in [0.25, 0.3) is 5.91 Å². The highest BCUT2D eigenvalue weighted by Gasteiger charge is 2.10. The number of nitriles is 1. The van der Waals surface area contributed by atoms with Crippen molar-refractivity contribution in [3.05, 3.63) is 45.9 Å². The monoisotopic (exact) mass is 345 g/mol. The SMILES string of the molecule is CCCCNC(=O)C(C#N)=Cc1csc(-c2ccc(Cl)cc2)n1. The highest BCUT2D eigenvalue weighted by molar-refractivity contribution is 7.13. The lowest BCUT2D eigenvalue weighted by molar-refractivity contribution is -0.117. The van der Waals surface area contributed by atoms with Gasteiger partial charge in [0.05, 0.1) is 5.69 Å². The van der Waals surface area contributed by atoms with E-state index in [1.54, 1.807) is 12.1 Å². The van der Waals surface area contributed by atoms with Gasteiger partial charge in [-0.1, -0.05) is 37.1 Å². The fourth-order valence-corrected chi connectivity index (χ4v) is 2.76. The summed E-state index contributed by atoms with van der Waals surface area (Å²) in [6.07, 6.45) is 3.39. The van der Waals surface area contributed by atoms with Crippen molar-refractivity contribution in [3.8, 4) is 16.6 Å². The smallest absolute Gasteiger partial charge is 0.262 e. The molecule has 23 heavy (non-hydrogen) atoms. The molecule has 0 unspecified atom stereocenters. The molecule has 118 valence electrons. The van der Waals surface area contributed by atoms with Gasteiger partial charge in [-0.15, -0.1) is 11.3 Å². The zero-order valence-electron chi connectivity index (χ0n) is 12.7. The molecule has 1 amide bonds. The summed E-state index contributed by atoms with van der Waals surface area (Å²) in [5, 5.41) is 15.2. The minimum absolute atomic E-state index is 0.0639. The Balaban J connectivity index is 2.13. The molecule has 0 radical (unpaired) electrons. The molecule has 1 N–H and O–H groups in total. The quantitative estimate of drug-likeness (QED) is 0.482. The molecule has 0 fully saturated rings. The van der Waals surface area contributed by atoms with Crippen LogP contribution in [0.25, 0.3) is 16.6 Å². The number of benzene rings is 1. The van der Waals surface area contributed by atoms with Crippen LogP contribution in [0.5, 0.6) is 0 Å². The molecule has 0 saturated heterocycles. The average Bonchev–Trinajstić information content (AvgIpc) is 3.02. The van der Waals surface area contributed by atoms with Crippen LogP contribution >= 0.6 is 22.9 Å². The highest BCUT2D eigenvalue weighted by atomic mass is 35.5. The molecule has 1 aromatic heterocycles. The molecule has 1 heterocycles. The van der Waals surface area contributed by atoms with Crippen molar-refractivity contribution in [2.75, 3.05) is 6.54 Å². The zero-order chi connectivity index (χ0) is 16.7. The standard InChI is InChI=1S/C17H16ClN3OS/c1-2-3-8-20-16(22)13(10-19)9-15-11-23-17(21-15)12-4-6-14(18)7-5-12/h4-7,9,11H,2-3,8H2,1H3,(H,20,22). The summed E-state index contributed by atoms with van der Waals surface area (Å²) in [6.45, 7) is 2.61. The Bertz CT molecular complexity index is 744. The molecular formula is C17H16ClN3OS. The van der Waals surface area contributed by atoms with Gasteiger partial charge in [-0.25, -0.2) is 4.98 Å². The van der Waals surface area contributed by atoms with Crippen LogP contribution in [0.4, 0.5) is 0 Å². The van der Waals surface area contributed by atoms with E-state index in [-0.39, 0.29) is 11.5 Å². The second-order valence-corrected chi connectivity index (χ2v) is 6.16. The predicted octanol–water partition coefficient (Wildman–Crippen LogP) is 4.29. The van der Waals surface area contributed by atoms with Gasteiger partial charge >= 0.3 is 0 Å². The summed E-state index contributed by atoms with van der Waals surface area (Å²) in [7, 11) is 0. The van der Waals surface area contributed by atoms with E-state index in [1.165, 1.54) is 17.4 Å². The third-order valence-corrected chi connectivity index (χ3v) is 4.25. The molecule has 2 aromatic rings. The number of rotatable bonds is 6. The number of carbonyl (C=O) groups excluding carboxylic acids is 1. The van der Waals surface area contributed by atoms with E-state index < -0.39 is 0 Å². The largest absolute Gasteiger partial charge is 0.351 e. The van der Waals surface area contributed by atoms with Gasteiger partial charge < -0.3 is 5.32 Å². The number of unbranched alkanes of at least 4 members (excludes halogenated alkanes) is 1. The van der Waals surface area contributed by atoms with E-state index in [9.17, 15) is 4.79 Å². The van der Waals surface area contributed by atoms with Gasteiger partial charge in [0, 0.05) is 22.5 Å². The molecule has 6 heteroatoms. The van der Waals surface area contributed by atoms with Crippen LogP contribution in [-0.2, 0) is 4.79 Å². The summed E-state index contributed by atoms with van der Waals surface area (Å²) in [4.78, 5) is 16.4. The van der Waals surface area contributed by atoms with Crippen LogP contribution in [0.2, 0.25) is 5.02 Å². The Kier molecular flexibility index (Phi) is 6.33. The average molecular weight is 346 g/mol. The molecule has 0 aliphatic carbocycles. The molecule has 1 aromatic carbocycles. The van der Waals surface area contributed by atoms with Gasteiger partial charge in [0.2, 0.25) is 0 Å². The maximum atomic E-state index is 11.9. The molecule has 0 saturated carbocycles. The predicted molar refractivity (Wildman–Crippen MR) is 94.1 cm³/mol. The van der Waals surface area contributed by atoms with Gasteiger partial charge in [0.15, 0.2) is 0 Å². The van der Waals surface area contributed by atoms with Crippen molar-refractivity contribution >= 4 is 34.9 Å². The molecule has 0 bridgehead atoms. The summed E-state index contributed by atoms with van der Waals surface area (Å²) >= 11 is 7.33. The number of hydrogen-bond acceptors (Lipinski definition) is 4. The second-order valence-electron chi connectivity index (χ2n) is 4.86. The lowest BCUT2D eigenvalue weighted by atomic mass is 10.2. The van der Waals surface area contributed by atoms with E-state index >= 15 is 0 Å². The topological polar surface area (TPSA) is 65.8 Å². The Labute approximate surface area is 144 Å². The number of amides is 1. The van der Waals surface area contributed by atoms with Gasteiger partial charge in [-0.05, 0) is 24.6 Å². The van der Waals surface area contributed by atoms with Crippen molar-refractivity contribution in [2.45, 2.75) is 19.8 Å². The number of nitrogens with zero attached hydrogens (tertiary/aromatic N) is 2. The number of nitrogens with one attached hydrogen (secondary N) is 1. The van der Waals surface area contributed by atoms with E-state index in [0.29, 0.717) is 17.3 Å². The fourth-order valence-electron chi connectivity index (χ4n) is 1.85. The van der Waals surface area contributed by atoms with Crippen LogP contribution in [-0.4, -0.2) is 17.4 Å². The van der Waals surface area contributed by atoms with E-state index in [2.05, 4.69) is 10.3 Å². The Morgan fingerprint density at radius 1 is 1.43 bits per heavy atom. The minimum atomic E-state index is -0.359. The number of carbonyl (C=O) groups is 1. The van der Waals surface area contributed by atoms with Crippen molar-refractivity contribution < 1.29 is 4.79 Å². The molecule has 0 atom stereocenters. The van der Waals surface area contributed by atoms with Gasteiger partial charge in [-0.2, -0.15) is 5.26 Å².